The monoisotopic (exact) mass is 422 g/mol. The summed E-state index contributed by atoms with van der Waals surface area (Å²) in [6, 6.07) is 20.1. The van der Waals surface area contributed by atoms with Crippen LogP contribution >= 0.6 is 15.9 Å². The van der Waals surface area contributed by atoms with Crippen LogP contribution in [0.25, 0.3) is 22.6 Å². The van der Waals surface area contributed by atoms with Crippen LogP contribution in [0.2, 0.25) is 0 Å². The average molecular weight is 423 g/mol. The van der Waals surface area contributed by atoms with Gasteiger partial charge in [0, 0.05) is 21.3 Å². The van der Waals surface area contributed by atoms with E-state index in [0.29, 0.717) is 28.2 Å². The molecule has 0 unspecified atom stereocenters. The van der Waals surface area contributed by atoms with Crippen molar-refractivity contribution < 1.29 is 13.9 Å². The van der Waals surface area contributed by atoms with Gasteiger partial charge >= 0.3 is 0 Å². The molecule has 0 fully saturated rings. The first kappa shape index (κ1) is 17.3. The summed E-state index contributed by atoms with van der Waals surface area (Å²) in [5.41, 5.74) is 3.37. The van der Waals surface area contributed by atoms with Gasteiger partial charge in [0.05, 0.1) is 7.11 Å². The summed E-state index contributed by atoms with van der Waals surface area (Å²) in [7, 11) is 1.62. The highest BCUT2D eigenvalue weighted by atomic mass is 79.9. The largest absolute Gasteiger partial charge is 0.497 e. The number of aromatic nitrogens is 1. The zero-order valence-corrected chi connectivity index (χ0v) is 16.0. The van der Waals surface area contributed by atoms with Crippen LogP contribution in [0, 0.1) is 0 Å². The number of methoxy groups -OCH3 is 1. The predicted molar refractivity (Wildman–Crippen MR) is 108 cm³/mol. The van der Waals surface area contributed by atoms with Gasteiger partial charge in [-0.25, -0.2) is 4.98 Å². The highest BCUT2D eigenvalue weighted by Crippen LogP contribution is 2.28. The minimum Gasteiger partial charge on any atom is -0.497 e. The van der Waals surface area contributed by atoms with E-state index >= 15 is 0 Å². The molecule has 1 N–H and O–H groups in total. The lowest BCUT2D eigenvalue weighted by molar-refractivity contribution is 0.102. The second-order valence-corrected chi connectivity index (χ2v) is 6.81. The van der Waals surface area contributed by atoms with Gasteiger partial charge in [-0.3, -0.25) is 4.79 Å². The zero-order chi connectivity index (χ0) is 18.8. The number of rotatable bonds is 4. The number of hydrogen-bond donors (Lipinski definition) is 1. The van der Waals surface area contributed by atoms with Crippen LogP contribution in [0.5, 0.6) is 5.75 Å². The van der Waals surface area contributed by atoms with E-state index in [4.69, 9.17) is 9.15 Å². The van der Waals surface area contributed by atoms with Crippen molar-refractivity contribution in [2.45, 2.75) is 0 Å². The van der Waals surface area contributed by atoms with E-state index in [9.17, 15) is 4.79 Å². The molecule has 0 saturated carbocycles. The minimum atomic E-state index is -0.182. The Kier molecular flexibility index (Phi) is 4.64. The normalized spacial score (nSPS) is 10.7. The lowest BCUT2D eigenvalue weighted by Crippen LogP contribution is -2.11. The molecule has 0 spiro atoms. The number of nitrogens with one attached hydrogen (secondary N) is 1. The number of amides is 1. The van der Waals surface area contributed by atoms with E-state index in [1.165, 1.54) is 0 Å². The average Bonchev–Trinajstić information content (AvgIpc) is 3.12. The number of oxazole rings is 1. The summed E-state index contributed by atoms with van der Waals surface area (Å²) in [6.45, 7) is 0. The molecular weight excluding hydrogens is 408 g/mol. The summed E-state index contributed by atoms with van der Waals surface area (Å²) >= 11 is 3.36. The quantitative estimate of drug-likeness (QED) is 0.470. The number of anilines is 1. The van der Waals surface area contributed by atoms with Gasteiger partial charge in [-0.1, -0.05) is 22.0 Å². The van der Waals surface area contributed by atoms with E-state index in [-0.39, 0.29) is 5.91 Å². The molecule has 0 aliphatic heterocycles. The SMILES string of the molecule is COc1cccc(-c2nc3cc(NC(=O)c4ccc(Br)cc4)ccc3o2)c1. The molecule has 0 bridgehead atoms. The number of carbonyl (C=O) groups is 1. The van der Waals surface area contributed by atoms with Crippen molar-refractivity contribution in [3.8, 4) is 17.2 Å². The molecule has 0 atom stereocenters. The molecule has 0 saturated heterocycles. The highest BCUT2D eigenvalue weighted by molar-refractivity contribution is 9.10. The molecule has 6 heteroatoms. The van der Waals surface area contributed by atoms with Crippen LogP contribution in [0.1, 0.15) is 10.4 Å². The molecule has 3 aromatic carbocycles. The molecule has 27 heavy (non-hydrogen) atoms. The van der Waals surface area contributed by atoms with Crippen molar-refractivity contribution in [3.63, 3.8) is 0 Å². The molecule has 1 aromatic heterocycles. The minimum absolute atomic E-state index is 0.182. The summed E-state index contributed by atoms with van der Waals surface area (Å²) in [6.07, 6.45) is 0. The van der Waals surface area contributed by atoms with E-state index < -0.39 is 0 Å². The van der Waals surface area contributed by atoms with Crippen LogP contribution in [-0.2, 0) is 0 Å². The molecule has 4 aromatic rings. The molecule has 1 amide bonds. The summed E-state index contributed by atoms with van der Waals surface area (Å²) in [4.78, 5) is 16.9. The van der Waals surface area contributed by atoms with E-state index in [2.05, 4.69) is 26.2 Å². The predicted octanol–water partition coefficient (Wildman–Crippen LogP) is 5.52. The van der Waals surface area contributed by atoms with Crippen LogP contribution in [0.3, 0.4) is 0 Å². The van der Waals surface area contributed by atoms with Crippen LogP contribution in [0.15, 0.2) is 75.6 Å². The fourth-order valence-corrected chi connectivity index (χ4v) is 2.95. The third kappa shape index (κ3) is 3.71. The van der Waals surface area contributed by atoms with Crippen LogP contribution in [0.4, 0.5) is 5.69 Å². The number of halogens is 1. The number of fused-ring (bicyclic) bond motifs is 1. The van der Waals surface area contributed by atoms with Gasteiger partial charge in [0.2, 0.25) is 5.89 Å². The summed E-state index contributed by atoms with van der Waals surface area (Å²) < 4.78 is 12.0. The highest BCUT2D eigenvalue weighted by Gasteiger charge is 2.11. The smallest absolute Gasteiger partial charge is 0.255 e. The molecule has 0 aliphatic carbocycles. The fraction of sp³-hybridized carbons (Fsp3) is 0.0476. The first-order valence-corrected chi connectivity index (χ1v) is 9.03. The Labute approximate surface area is 164 Å². The second kappa shape index (κ2) is 7.25. The molecule has 134 valence electrons. The first-order valence-electron chi connectivity index (χ1n) is 8.24. The van der Waals surface area contributed by atoms with Gasteiger partial charge < -0.3 is 14.5 Å². The molecule has 4 rings (SSSR count). The Morgan fingerprint density at radius 3 is 2.67 bits per heavy atom. The van der Waals surface area contributed by atoms with Gasteiger partial charge in [0.15, 0.2) is 5.58 Å². The van der Waals surface area contributed by atoms with Gasteiger partial charge in [-0.15, -0.1) is 0 Å². The molecular formula is C21H15BrN2O3. The number of benzene rings is 3. The fourth-order valence-electron chi connectivity index (χ4n) is 2.69. The van der Waals surface area contributed by atoms with Crippen LogP contribution in [-0.4, -0.2) is 18.0 Å². The Morgan fingerprint density at radius 2 is 1.89 bits per heavy atom. The number of hydrogen-bond acceptors (Lipinski definition) is 4. The lowest BCUT2D eigenvalue weighted by atomic mass is 10.2. The van der Waals surface area contributed by atoms with Gasteiger partial charge in [0.1, 0.15) is 11.3 Å². The number of nitrogens with zero attached hydrogens (tertiary/aromatic N) is 1. The molecule has 0 aliphatic rings. The molecule has 1 heterocycles. The van der Waals surface area contributed by atoms with Crippen LogP contribution < -0.4 is 10.1 Å². The van der Waals surface area contributed by atoms with Crippen molar-refractivity contribution >= 4 is 38.6 Å². The Bertz CT molecular complexity index is 1120. The molecule has 0 radical (unpaired) electrons. The number of ether oxygens (including phenoxy) is 1. The van der Waals surface area contributed by atoms with Crippen molar-refractivity contribution in [1.82, 2.24) is 4.98 Å². The first-order chi connectivity index (χ1) is 13.1. The van der Waals surface area contributed by atoms with Gasteiger partial charge in [-0.2, -0.15) is 0 Å². The van der Waals surface area contributed by atoms with E-state index in [0.717, 1.165) is 15.8 Å². The Hall–Kier alpha value is -3.12. The second-order valence-electron chi connectivity index (χ2n) is 5.89. The summed E-state index contributed by atoms with van der Waals surface area (Å²) in [5, 5.41) is 2.88. The Morgan fingerprint density at radius 1 is 1.07 bits per heavy atom. The maximum absolute atomic E-state index is 12.4. The maximum Gasteiger partial charge on any atom is 0.255 e. The van der Waals surface area contributed by atoms with Gasteiger partial charge in [0.25, 0.3) is 5.91 Å². The molecule has 5 nitrogen and oxygen atoms in total. The van der Waals surface area contributed by atoms with Crippen molar-refractivity contribution in [2.75, 3.05) is 12.4 Å². The summed E-state index contributed by atoms with van der Waals surface area (Å²) in [5.74, 6) is 1.05. The topological polar surface area (TPSA) is 64.4 Å². The van der Waals surface area contributed by atoms with E-state index in [1.807, 2.05) is 36.4 Å². The van der Waals surface area contributed by atoms with Crippen molar-refractivity contribution in [1.29, 1.82) is 0 Å². The lowest BCUT2D eigenvalue weighted by Gasteiger charge is -2.05. The zero-order valence-electron chi connectivity index (χ0n) is 14.4. The standard InChI is InChI=1S/C21H15BrN2O3/c1-26-17-4-2-3-14(11-17)21-24-18-12-16(9-10-19(18)27-21)23-20(25)13-5-7-15(22)8-6-13/h2-12H,1H3,(H,23,25). The van der Waals surface area contributed by atoms with E-state index in [1.54, 1.807) is 37.4 Å². The maximum atomic E-state index is 12.4. The third-order valence-electron chi connectivity index (χ3n) is 4.07. The van der Waals surface area contributed by atoms with Crippen molar-refractivity contribution in [2.24, 2.45) is 0 Å². The third-order valence-corrected chi connectivity index (χ3v) is 4.60. The van der Waals surface area contributed by atoms with Crippen molar-refractivity contribution in [3.05, 3.63) is 76.8 Å². The van der Waals surface area contributed by atoms with Gasteiger partial charge in [-0.05, 0) is 60.7 Å². The number of carbonyl (C=O) groups excluding carboxylic acids is 1. The Balaban J connectivity index is 1.60.